The van der Waals surface area contributed by atoms with Crippen LogP contribution in [0.3, 0.4) is 0 Å². The molecule has 0 rings (SSSR count). The number of amides is 6. The van der Waals surface area contributed by atoms with Crippen molar-refractivity contribution in [3.05, 3.63) is 0 Å². The summed E-state index contributed by atoms with van der Waals surface area (Å²) in [6.07, 6.45) is 0.312. The molecule has 0 bridgehead atoms. The Bertz CT molecular complexity index is 1160. The summed E-state index contributed by atoms with van der Waals surface area (Å²) in [5, 5.41) is 33.1. The Kier molecular flexibility index (Phi) is 20.4. The second-order valence-electron chi connectivity index (χ2n) is 12.1. The van der Waals surface area contributed by atoms with Gasteiger partial charge in [-0.15, -0.1) is 0 Å². The molecule has 0 aromatic heterocycles. The fourth-order valence-corrected chi connectivity index (χ4v) is 4.15. The van der Waals surface area contributed by atoms with E-state index in [1.807, 2.05) is 13.8 Å². The molecule has 0 saturated carbocycles. The normalized spacial score (nSPS) is 13.2. The van der Waals surface area contributed by atoms with Crippen molar-refractivity contribution in [2.24, 2.45) is 23.3 Å². The predicted molar refractivity (Wildman–Crippen MR) is 174 cm³/mol. The number of ketones is 1. The topological polar surface area (TPSA) is 317 Å². The number of Topliss-reactive ketones (excluding diaryl/α,β-unsaturated/α-hetero) is 1. The molecule has 48 heavy (non-hydrogen) atoms. The number of rotatable bonds is 23. The SMILES string of the molecule is CC(=O)C(CC(C)C)NC(=O)CNC(=O)CNC(=O)C(CC(C)C)NC(=O)C(CC(=O)O)NC(=O)CNC(=O)C(N)CCCNC(=N)N. The Morgan fingerprint density at radius 1 is 0.667 bits per heavy atom. The lowest BCUT2D eigenvalue weighted by molar-refractivity contribution is -0.141. The summed E-state index contributed by atoms with van der Waals surface area (Å²) in [6, 6.07) is -4.51. The molecule has 13 N–H and O–H groups in total. The van der Waals surface area contributed by atoms with Crippen LogP contribution < -0.4 is 48.7 Å². The van der Waals surface area contributed by atoms with Gasteiger partial charge in [-0.05, 0) is 44.4 Å². The Morgan fingerprint density at radius 2 is 1.17 bits per heavy atom. The molecule has 4 atom stereocenters. The molecule has 0 radical (unpaired) electrons. The maximum atomic E-state index is 13.0. The van der Waals surface area contributed by atoms with Crippen molar-refractivity contribution in [1.29, 1.82) is 5.41 Å². The molecule has 0 aliphatic heterocycles. The summed E-state index contributed by atoms with van der Waals surface area (Å²) in [6.45, 7) is 7.36. The van der Waals surface area contributed by atoms with Crippen molar-refractivity contribution >= 4 is 53.2 Å². The fraction of sp³-hybridized carbons (Fsp3) is 0.690. The Hall–Kier alpha value is -4.81. The molecular formula is C29H52N10O9. The van der Waals surface area contributed by atoms with Crippen LogP contribution in [-0.4, -0.2) is 109 Å². The van der Waals surface area contributed by atoms with Crippen LogP contribution in [0.2, 0.25) is 0 Å². The molecule has 0 aromatic carbocycles. The monoisotopic (exact) mass is 684 g/mol. The van der Waals surface area contributed by atoms with Gasteiger partial charge in [-0.25, -0.2) is 0 Å². The first-order chi connectivity index (χ1) is 22.3. The molecule has 0 heterocycles. The lowest BCUT2D eigenvalue weighted by Crippen LogP contribution is -2.56. The van der Waals surface area contributed by atoms with E-state index in [1.165, 1.54) is 6.92 Å². The van der Waals surface area contributed by atoms with Crippen molar-refractivity contribution in [3.63, 3.8) is 0 Å². The summed E-state index contributed by atoms with van der Waals surface area (Å²) in [7, 11) is 0. The van der Waals surface area contributed by atoms with Crippen molar-refractivity contribution in [3.8, 4) is 0 Å². The first-order valence-electron chi connectivity index (χ1n) is 15.6. The van der Waals surface area contributed by atoms with Gasteiger partial charge >= 0.3 is 5.97 Å². The highest BCUT2D eigenvalue weighted by atomic mass is 16.4. The van der Waals surface area contributed by atoms with Gasteiger partial charge in [0, 0.05) is 6.54 Å². The number of hydrogen-bond donors (Lipinski definition) is 11. The third-order valence-corrected chi connectivity index (χ3v) is 6.54. The van der Waals surface area contributed by atoms with E-state index < -0.39 is 91.6 Å². The van der Waals surface area contributed by atoms with Gasteiger partial charge < -0.3 is 53.8 Å². The lowest BCUT2D eigenvalue weighted by atomic mass is 10.0. The molecule has 0 spiro atoms. The predicted octanol–water partition coefficient (Wildman–Crippen LogP) is -3.46. The van der Waals surface area contributed by atoms with Crippen molar-refractivity contribution < 1.29 is 43.5 Å². The summed E-state index contributed by atoms with van der Waals surface area (Å²) < 4.78 is 0. The first-order valence-corrected chi connectivity index (χ1v) is 15.6. The first kappa shape index (κ1) is 43.2. The highest BCUT2D eigenvalue weighted by molar-refractivity contribution is 5.96. The second-order valence-corrected chi connectivity index (χ2v) is 12.1. The van der Waals surface area contributed by atoms with Crippen LogP contribution in [0.25, 0.3) is 0 Å². The van der Waals surface area contributed by atoms with Crippen LogP contribution >= 0.6 is 0 Å². The maximum Gasteiger partial charge on any atom is 0.305 e. The van der Waals surface area contributed by atoms with Gasteiger partial charge in [0.1, 0.15) is 12.1 Å². The van der Waals surface area contributed by atoms with E-state index in [4.69, 9.17) is 16.9 Å². The van der Waals surface area contributed by atoms with Gasteiger partial charge in [0.15, 0.2) is 11.7 Å². The molecule has 4 unspecified atom stereocenters. The molecule has 0 aliphatic carbocycles. The van der Waals surface area contributed by atoms with Crippen LogP contribution in [0.5, 0.6) is 0 Å². The largest absolute Gasteiger partial charge is 0.481 e. The minimum atomic E-state index is -1.61. The summed E-state index contributed by atoms with van der Waals surface area (Å²) in [4.78, 5) is 98.3. The number of carboxylic acid groups (broad SMARTS) is 1. The highest BCUT2D eigenvalue weighted by Crippen LogP contribution is 2.07. The third kappa shape index (κ3) is 20.3. The van der Waals surface area contributed by atoms with E-state index in [1.54, 1.807) is 13.8 Å². The molecule has 0 aromatic rings. The van der Waals surface area contributed by atoms with Gasteiger partial charge in [0.25, 0.3) is 0 Å². The summed E-state index contributed by atoms with van der Waals surface area (Å²) >= 11 is 0. The van der Waals surface area contributed by atoms with E-state index in [0.717, 1.165) is 0 Å². The minimum Gasteiger partial charge on any atom is -0.481 e. The number of carbonyl (C=O) groups is 8. The molecule has 0 fully saturated rings. The lowest BCUT2D eigenvalue weighted by Gasteiger charge is -2.23. The van der Waals surface area contributed by atoms with Gasteiger partial charge in [-0.2, -0.15) is 0 Å². The second kappa shape index (κ2) is 22.7. The van der Waals surface area contributed by atoms with Crippen LogP contribution in [0, 0.1) is 17.2 Å². The number of nitrogens with one attached hydrogen (secondary N) is 8. The van der Waals surface area contributed by atoms with Gasteiger partial charge in [-0.1, -0.05) is 27.7 Å². The molecule has 6 amide bonds. The molecule has 0 saturated heterocycles. The molecule has 19 heteroatoms. The van der Waals surface area contributed by atoms with Crippen LogP contribution in [0.1, 0.15) is 66.7 Å². The van der Waals surface area contributed by atoms with E-state index >= 15 is 0 Å². The zero-order valence-corrected chi connectivity index (χ0v) is 28.2. The number of aliphatic carboxylic acids is 1. The Morgan fingerprint density at radius 3 is 1.69 bits per heavy atom. The van der Waals surface area contributed by atoms with Crippen LogP contribution in [-0.2, 0) is 38.4 Å². The zero-order valence-electron chi connectivity index (χ0n) is 28.2. The van der Waals surface area contributed by atoms with Gasteiger partial charge in [0.05, 0.1) is 38.1 Å². The van der Waals surface area contributed by atoms with Gasteiger partial charge in [0.2, 0.25) is 35.4 Å². The zero-order chi connectivity index (χ0) is 37.0. The number of nitrogens with two attached hydrogens (primary N) is 2. The van der Waals surface area contributed by atoms with Crippen LogP contribution in [0.15, 0.2) is 0 Å². The van der Waals surface area contributed by atoms with Gasteiger partial charge in [-0.3, -0.25) is 43.8 Å². The Labute approximate surface area is 279 Å². The quantitative estimate of drug-likeness (QED) is 0.0284. The number of guanidine groups is 1. The highest BCUT2D eigenvalue weighted by Gasteiger charge is 2.29. The molecule has 272 valence electrons. The smallest absolute Gasteiger partial charge is 0.305 e. The van der Waals surface area contributed by atoms with Crippen molar-refractivity contribution in [2.75, 3.05) is 26.2 Å². The summed E-state index contributed by atoms with van der Waals surface area (Å²) in [5.41, 5.74) is 11.0. The molecular weight excluding hydrogens is 632 g/mol. The molecule has 0 aliphatic rings. The summed E-state index contributed by atoms with van der Waals surface area (Å²) in [5.74, 6) is -6.50. The van der Waals surface area contributed by atoms with Crippen molar-refractivity contribution in [2.45, 2.75) is 90.9 Å². The average molecular weight is 685 g/mol. The van der Waals surface area contributed by atoms with Crippen molar-refractivity contribution in [1.82, 2.24) is 37.2 Å². The third-order valence-electron chi connectivity index (χ3n) is 6.54. The van der Waals surface area contributed by atoms with E-state index in [0.29, 0.717) is 19.4 Å². The number of carbonyl (C=O) groups excluding carboxylic acids is 7. The van der Waals surface area contributed by atoms with E-state index in [2.05, 4.69) is 37.2 Å². The van der Waals surface area contributed by atoms with E-state index in [9.17, 15) is 43.5 Å². The number of carboxylic acids is 1. The maximum absolute atomic E-state index is 13.0. The molecule has 19 nitrogen and oxygen atoms in total. The standard InChI is InChI=1S/C29H52N10O9/c1-15(2)9-19(17(5)40)37-23(42)13-34-22(41)12-36-27(47)20(10-16(3)4)39-28(48)21(11-25(44)45)38-24(43)14-35-26(46)18(30)7-6-8-33-29(31)32/h15-16,18-21H,6-14,30H2,1-5H3,(H,34,41)(H,35,46)(H,36,47)(H,37,42)(H,38,43)(H,39,48)(H,44,45)(H4,31,32,33). The van der Waals surface area contributed by atoms with E-state index in [-0.39, 0.29) is 36.4 Å². The fourth-order valence-electron chi connectivity index (χ4n) is 4.15. The van der Waals surface area contributed by atoms with Crippen LogP contribution in [0.4, 0.5) is 0 Å². The Balaban J connectivity index is 5.12. The number of hydrogen-bond acceptors (Lipinski definition) is 10. The average Bonchev–Trinajstić information content (AvgIpc) is 2.97. The minimum absolute atomic E-state index is 0.0908.